The molecule has 0 saturated carbocycles. The van der Waals surface area contributed by atoms with Gasteiger partial charge in [-0.05, 0) is 29.7 Å². The Morgan fingerprint density at radius 2 is 2.00 bits per heavy atom. The number of rotatable bonds is 6. The van der Waals surface area contributed by atoms with E-state index < -0.39 is 30.8 Å². The molecule has 0 heterocycles. The van der Waals surface area contributed by atoms with Crippen LogP contribution in [0.5, 0.6) is 5.75 Å². The maximum absolute atomic E-state index is 12.1. The molecule has 2 rings (SSSR count). The van der Waals surface area contributed by atoms with E-state index in [4.69, 9.17) is 9.79 Å². The number of carbonyl (C=O) groups is 1. The highest BCUT2D eigenvalue weighted by molar-refractivity contribution is 7.49. The number of allylic oxidation sites excluding steroid dienone is 2. The SMILES string of the molecule is CC(CC(O)(O)C1=C(NP(=O)(O)O)CC=CC1=O)c1cccc(O)c1. The van der Waals surface area contributed by atoms with Crippen LogP contribution in [0.2, 0.25) is 0 Å². The average Bonchev–Trinajstić information content (AvgIpc) is 2.44. The third-order valence-corrected chi connectivity index (χ3v) is 4.41. The summed E-state index contributed by atoms with van der Waals surface area (Å²) in [6.45, 7) is 1.68. The molecule has 0 aliphatic heterocycles. The van der Waals surface area contributed by atoms with E-state index >= 15 is 0 Å². The number of phenolic OH excluding ortho intramolecular Hbond substituents is 1. The van der Waals surface area contributed by atoms with Gasteiger partial charge in [0.05, 0.1) is 5.57 Å². The normalized spacial score (nSPS) is 16.9. The minimum absolute atomic E-state index is 0.0191. The standard InChI is InChI=1S/C16H20NO7P/c1-10(11-4-2-5-12(18)8-11)9-16(20,21)15-13(17-25(22,23)24)6-3-7-14(15)19/h2-5,7-8,10,18,20-21H,6,9H2,1H3,(H3,17,22,23,24). The molecule has 0 spiro atoms. The van der Waals surface area contributed by atoms with Gasteiger partial charge in [-0.1, -0.05) is 25.1 Å². The predicted molar refractivity (Wildman–Crippen MR) is 89.3 cm³/mol. The molecule has 0 fully saturated rings. The Hall–Kier alpha value is -1.96. The Morgan fingerprint density at radius 3 is 2.60 bits per heavy atom. The molecule has 0 aromatic heterocycles. The summed E-state index contributed by atoms with van der Waals surface area (Å²) in [6, 6.07) is 6.23. The third kappa shape index (κ3) is 5.01. The van der Waals surface area contributed by atoms with E-state index in [1.165, 1.54) is 18.2 Å². The van der Waals surface area contributed by atoms with Crippen molar-refractivity contribution < 1.29 is 34.5 Å². The zero-order chi connectivity index (χ0) is 18.8. The molecular formula is C16H20NO7P. The third-order valence-electron chi connectivity index (χ3n) is 3.85. The van der Waals surface area contributed by atoms with Gasteiger partial charge < -0.3 is 25.1 Å². The molecule has 1 aliphatic carbocycles. The van der Waals surface area contributed by atoms with Crippen LogP contribution in [0, 0.1) is 0 Å². The Morgan fingerprint density at radius 1 is 1.32 bits per heavy atom. The summed E-state index contributed by atoms with van der Waals surface area (Å²) in [5.41, 5.74) is -0.101. The zero-order valence-electron chi connectivity index (χ0n) is 13.5. The monoisotopic (exact) mass is 369 g/mol. The fourth-order valence-electron chi connectivity index (χ4n) is 2.81. The van der Waals surface area contributed by atoms with Crippen LogP contribution in [0.3, 0.4) is 0 Å². The zero-order valence-corrected chi connectivity index (χ0v) is 14.3. The van der Waals surface area contributed by atoms with Crippen LogP contribution < -0.4 is 5.09 Å². The molecule has 6 N–H and O–H groups in total. The summed E-state index contributed by atoms with van der Waals surface area (Å²) in [6.07, 6.45) is 2.15. The molecule has 0 bridgehead atoms. The Kier molecular flexibility index (Phi) is 5.51. The number of ketones is 1. The topological polar surface area (TPSA) is 147 Å². The van der Waals surface area contributed by atoms with Gasteiger partial charge >= 0.3 is 7.75 Å². The van der Waals surface area contributed by atoms with E-state index in [1.807, 2.05) is 5.09 Å². The maximum atomic E-state index is 12.1. The molecule has 1 aromatic rings. The Labute approximate surface area is 144 Å². The van der Waals surface area contributed by atoms with E-state index in [0.717, 1.165) is 6.08 Å². The molecule has 0 radical (unpaired) electrons. The molecule has 1 aliphatic rings. The highest BCUT2D eigenvalue weighted by Crippen LogP contribution is 2.38. The fourth-order valence-corrected chi connectivity index (χ4v) is 3.37. The van der Waals surface area contributed by atoms with Crippen molar-refractivity contribution in [3.05, 3.63) is 53.3 Å². The van der Waals surface area contributed by atoms with Crippen molar-refractivity contribution in [2.75, 3.05) is 0 Å². The second-order valence-electron chi connectivity index (χ2n) is 6.00. The number of benzene rings is 1. The van der Waals surface area contributed by atoms with Crippen LogP contribution in [-0.4, -0.2) is 36.7 Å². The first-order chi connectivity index (χ1) is 11.5. The lowest BCUT2D eigenvalue weighted by Gasteiger charge is -2.30. The van der Waals surface area contributed by atoms with Gasteiger partial charge in [0.1, 0.15) is 5.75 Å². The van der Waals surface area contributed by atoms with E-state index in [2.05, 4.69) is 0 Å². The number of phenols is 1. The molecule has 1 aromatic carbocycles. The van der Waals surface area contributed by atoms with Crippen molar-refractivity contribution in [2.24, 2.45) is 0 Å². The number of carbonyl (C=O) groups excluding carboxylic acids is 1. The molecule has 1 unspecified atom stereocenters. The van der Waals surface area contributed by atoms with Crippen LogP contribution >= 0.6 is 7.75 Å². The molecule has 0 saturated heterocycles. The van der Waals surface area contributed by atoms with Crippen LogP contribution in [0.25, 0.3) is 0 Å². The van der Waals surface area contributed by atoms with E-state index in [-0.39, 0.29) is 24.3 Å². The highest BCUT2D eigenvalue weighted by atomic mass is 31.2. The molecule has 136 valence electrons. The van der Waals surface area contributed by atoms with Gasteiger partial charge in [0.15, 0.2) is 11.6 Å². The minimum atomic E-state index is -4.72. The smallest absolute Gasteiger partial charge is 0.427 e. The predicted octanol–water partition coefficient (Wildman–Crippen LogP) is 1.03. The van der Waals surface area contributed by atoms with Crippen LogP contribution in [0.1, 0.15) is 31.2 Å². The number of nitrogens with one attached hydrogen (secondary N) is 1. The molecule has 0 amide bonds. The van der Waals surface area contributed by atoms with Gasteiger partial charge in [-0.15, -0.1) is 0 Å². The summed E-state index contributed by atoms with van der Waals surface area (Å²) in [5, 5.41) is 32.3. The van der Waals surface area contributed by atoms with Crippen molar-refractivity contribution in [2.45, 2.75) is 31.5 Å². The average molecular weight is 369 g/mol. The van der Waals surface area contributed by atoms with E-state index in [0.29, 0.717) is 5.56 Å². The van der Waals surface area contributed by atoms with Crippen molar-refractivity contribution in [1.29, 1.82) is 0 Å². The van der Waals surface area contributed by atoms with Gasteiger partial charge in [0, 0.05) is 18.5 Å². The summed E-state index contributed by atoms with van der Waals surface area (Å²) >= 11 is 0. The summed E-state index contributed by atoms with van der Waals surface area (Å²) in [7, 11) is -4.72. The first kappa shape index (κ1) is 19.4. The minimum Gasteiger partial charge on any atom is -0.508 e. The van der Waals surface area contributed by atoms with Crippen molar-refractivity contribution >= 4 is 13.5 Å². The molecule has 25 heavy (non-hydrogen) atoms. The maximum Gasteiger partial charge on any atom is 0.427 e. The summed E-state index contributed by atoms with van der Waals surface area (Å²) in [5.74, 6) is -3.78. The lowest BCUT2D eigenvalue weighted by atomic mass is 9.85. The summed E-state index contributed by atoms with van der Waals surface area (Å²) in [4.78, 5) is 30.3. The van der Waals surface area contributed by atoms with E-state index in [9.17, 15) is 24.7 Å². The second-order valence-corrected chi connectivity index (χ2v) is 7.31. The van der Waals surface area contributed by atoms with Crippen molar-refractivity contribution in [3.8, 4) is 5.75 Å². The van der Waals surface area contributed by atoms with Crippen LogP contribution in [0.15, 0.2) is 47.7 Å². The lowest BCUT2D eigenvalue weighted by Crippen LogP contribution is -2.39. The van der Waals surface area contributed by atoms with Gasteiger partial charge in [0.2, 0.25) is 0 Å². The first-order valence-corrected chi connectivity index (χ1v) is 9.13. The number of hydrogen-bond acceptors (Lipinski definition) is 5. The molecule has 8 nitrogen and oxygen atoms in total. The van der Waals surface area contributed by atoms with Gasteiger partial charge in [-0.3, -0.25) is 9.88 Å². The number of aromatic hydroxyl groups is 1. The van der Waals surface area contributed by atoms with Crippen LogP contribution in [-0.2, 0) is 9.36 Å². The van der Waals surface area contributed by atoms with Crippen LogP contribution in [0.4, 0.5) is 0 Å². The number of aliphatic hydroxyl groups is 2. The first-order valence-electron chi connectivity index (χ1n) is 7.51. The Balaban J connectivity index is 2.34. The quantitative estimate of drug-likeness (QED) is 0.322. The second kappa shape index (κ2) is 7.11. The number of hydrogen-bond donors (Lipinski definition) is 6. The van der Waals surface area contributed by atoms with Gasteiger partial charge in [0.25, 0.3) is 0 Å². The molecular weight excluding hydrogens is 349 g/mol. The Bertz CT molecular complexity index is 778. The largest absolute Gasteiger partial charge is 0.508 e. The highest BCUT2D eigenvalue weighted by Gasteiger charge is 2.39. The van der Waals surface area contributed by atoms with E-state index in [1.54, 1.807) is 19.1 Å². The molecule has 1 atom stereocenters. The van der Waals surface area contributed by atoms with Gasteiger partial charge in [-0.2, -0.15) is 0 Å². The lowest BCUT2D eigenvalue weighted by molar-refractivity contribution is -0.146. The summed E-state index contributed by atoms with van der Waals surface area (Å²) < 4.78 is 11.2. The van der Waals surface area contributed by atoms with Gasteiger partial charge in [-0.25, -0.2) is 4.57 Å². The fraction of sp³-hybridized carbons (Fsp3) is 0.312. The molecule has 9 heteroatoms. The van der Waals surface area contributed by atoms with Crippen molar-refractivity contribution in [1.82, 2.24) is 5.09 Å². The van der Waals surface area contributed by atoms with Crippen molar-refractivity contribution in [3.63, 3.8) is 0 Å².